The van der Waals surface area contributed by atoms with Crippen molar-refractivity contribution in [3.63, 3.8) is 0 Å². The van der Waals surface area contributed by atoms with Crippen molar-refractivity contribution in [1.29, 1.82) is 0 Å². The van der Waals surface area contributed by atoms with E-state index in [-0.39, 0.29) is 5.82 Å². The van der Waals surface area contributed by atoms with Crippen LogP contribution in [0.4, 0.5) is 9.18 Å². The van der Waals surface area contributed by atoms with Gasteiger partial charge in [-0.3, -0.25) is 0 Å². The summed E-state index contributed by atoms with van der Waals surface area (Å²) < 4.78 is 19.7. The molecule has 1 aromatic rings. The first-order chi connectivity index (χ1) is 9.98. The van der Waals surface area contributed by atoms with Crippen LogP contribution in [0.15, 0.2) is 22.7 Å². The van der Waals surface area contributed by atoms with Crippen molar-refractivity contribution in [1.82, 2.24) is 10.6 Å². The van der Waals surface area contributed by atoms with Crippen molar-refractivity contribution in [2.45, 2.75) is 52.3 Å². The molecule has 22 heavy (non-hydrogen) atoms. The van der Waals surface area contributed by atoms with Crippen LogP contribution in [0.1, 0.15) is 40.2 Å². The summed E-state index contributed by atoms with van der Waals surface area (Å²) in [5.41, 5.74) is -0.472. The van der Waals surface area contributed by atoms with E-state index in [4.69, 9.17) is 4.74 Å². The molecular formula is C16H24BrFN2O2. The molecule has 0 saturated carbocycles. The normalized spacial score (nSPS) is 12.1. The first-order valence-electron chi connectivity index (χ1n) is 7.14. The molecule has 1 rings (SSSR count). The molecule has 0 fully saturated rings. The van der Waals surface area contributed by atoms with Crippen molar-refractivity contribution in [3.05, 3.63) is 34.1 Å². The van der Waals surface area contributed by atoms with Gasteiger partial charge in [-0.05, 0) is 52.8 Å². The van der Waals surface area contributed by atoms with Gasteiger partial charge in [-0.15, -0.1) is 0 Å². The van der Waals surface area contributed by atoms with Crippen LogP contribution in [0.2, 0.25) is 0 Å². The molecule has 0 heterocycles. The summed E-state index contributed by atoms with van der Waals surface area (Å²) in [6.45, 7) is 10.1. The molecule has 0 unspecified atom stereocenters. The number of amides is 1. The summed E-state index contributed by atoms with van der Waals surface area (Å²) in [5, 5.41) is 5.95. The van der Waals surface area contributed by atoms with Gasteiger partial charge in [0.1, 0.15) is 11.4 Å². The molecule has 1 aromatic carbocycles. The van der Waals surface area contributed by atoms with Gasteiger partial charge in [0.05, 0.1) is 5.54 Å². The maximum absolute atomic E-state index is 13.6. The lowest BCUT2D eigenvalue weighted by molar-refractivity contribution is 0.0472. The fourth-order valence-corrected chi connectivity index (χ4v) is 2.22. The lowest BCUT2D eigenvalue weighted by Gasteiger charge is -2.29. The van der Waals surface area contributed by atoms with Crippen LogP contribution in [-0.4, -0.2) is 23.8 Å². The highest BCUT2D eigenvalue weighted by molar-refractivity contribution is 9.10. The Morgan fingerprint density at radius 3 is 2.50 bits per heavy atom. The molecule has 6 heteroatoms. The Morgan fingerprint density at radius 1 is 1.27 bits per heavy atom. The number of ether oxygens (including phenoxy) is 1. The van der Waals surface area contributed by atoms with E-state index in [1.807, 2.05) is 34.6 Å². The van der Waals surface area contributed by atoms with E-state index in [1.165, 1.54) is 6.07 Å². The van der Waals surface area contributed by atoms with Gasteiger partial charge in [0.15, 0.2) is 0 Å². The molecule has 0 radical (unpaired) electrons. The summed E-state index contributed by atoms with van der Waals surface area (Å²) >= 11 is 3.32. The molecule has 2 N–H and O–H groups in total. The van der Waals surface area contributed by atoms with Crippen LogP contribution in [0, 0.1) is 5.82 Å². The number of benzene rings is 1. The third kappa shape index (κ3) is 7.22. The van der Waals surface area contributed by atoms with Crippen LogP contribution in [0.5, 0.6) is 0 Å². The highest BCUT2D eigenvalue weighted by Crippen LogP contribution is 2.15. The monoisotopic (exact) mass is 374 g/mol. The fraction of sp³-hybridized carbons (Fsp3) is 0.562. The van der Waals surface area contributed by atoms with Crippen LogP contribution in [0.25, 0.3) is 0 Å². The quantitative estimate of drug-likeness (QED) is 0.819. The summed E-state index contributed by atoms with van der Waals surface area (Å²) in [5.74, 6) is -0.256. The molecule has 0 atom stereocenters. The second-order valence-electron chi connectivity index (χ2n) is 6.85. The topological polar surface area (TPSA) is 50.4 Å². The van der Waals surface area contributed by atoms with Gasteiger partial charge >= 0.3 is 6.09 Å². The van der Waals surface area contributed by atoms with Crippen LogP contribution < -0.4 is 10.6 Å². The lowest BCUT2D eigenvalue weighted by Crippen LogP contribution is -2.51. The zero-order valence-electron chi connectivity index (χ0n) is 13.7. The molecule has 0 aliphatic heterocycles. The van der Waals surface area contributed by atoms with Gasteiger partial charge in [0, 0.05) is 23.1 Å². The number of nitrogens with one attached hydrogen (secondary N) is 2. The molecule has 0 aliphatic carbocycles. The zero-order valence-corrected chi connectivity index (χ0v) is 15.3. The van der Waals surface area contributed by atoms with E-state index in [0.29, 0.717) is 18.7 Å². The van der Waals surface area contributed by atoms with Crippen molar-refractivity contribution < 1.29 is 13.9 Å². The largest absolute Gasteiger partial charge is 0.444 e. The van der Waals surface area contributed by atoms with E-state index >= 15 is 0 Å². The van der Waals surface area contributed by atoms with E-state index in [1.54, 1.807) is 12.1 Å². The van der Waals surface area contributed by atoms with E-state index in [2.05, 4.69) is 26.6 Å². The molecule has 0 aromatic heterocycles. The third-order valence-corrected chi connectivity index (χ3v) is 3.22. The van der Waals surface area contributed by atoms with E-state index in [9.17, 15) is 9.18 Å². The molecule has 1 amide bonds. The summed E-state index contributed by atoms with van der Waals surface area (Å²) in [6.07, 6.45) is -0.465. The van der Waals surface area contributed by atoms with Gasteiger partial charge < -0.3 is 15.4 Å². The third-order valence-electron chi connectivity index (χ3n) is 2.73. The Hall–Kier alpha value is -1.14. The molecule has 0 saturated heterocycles. The second kappa shape index (κ2) is 7.42. The Morgan fingerprint density at radius 2 is 1.91 bits per heavy atom. The van der Waals surface area contributed by atoms with Gasteiger partial charge in [0.25, 0.3) is 0 Å². The molecule has 4 nitrogen and oxygen atoms in total. The predicted octanol–water partition coefficient (Wildman–Crippen LogP) is 3.98. The molecule has 124 valence electrons. The first kappa shape index (κ1) is 18.9. The molecular weight excluding hydrogens is 351 g/mol. The second-order valence-corrected chi connectivity index (χ2v) is 7.77. The Bertz CT molecular complexity index is 527. The molecule has 0 bridgehead atoms. The van der Waals surface area contributed by atoms with Crippen LogP contribution >= 0.6 is 15.9 Å². The SMILES string of the molecule is CC(C)(CNCc1cc(Br)ccc1F)NC(=O)OC(C)(C)C. The van der Waals surface area contributed by atoms with Crippen molar-refractivity contribution in [3.8, 4) is 0 Å². The van der Waals surface area contributed by atoms with Gasteiger partial charge in [0.2, 0.25) is 0 Å². The number of halogens is 2. The van der Waals surface area contributed by atoms with Gasteiger partial charge in [-0.25, -0.2) is 9.18 Å². The van der Waals surface area contributed by atoms with Crippen molar-refractivity contribution in [2.24, 2.45) is 0 Å². The standard InChI is InChI=1S/C16H24BrFN2O2/c1-15(2,3)22-14(21)20-16(4,5)10-19-9-11-8-12(17)6-7-13(11)18/h6-8,19H,9-10H2,1-5H3,(H,20,21). The van der Waals surface area contributed by atoms with E-state index < -0.39 is 17.2 Å². The number of hydrogen-bond donors (Lipinski definition) is 2. The maximum atomic E-state index is 13.6. The van der Waals surface area contributed by atoms with E-state index in [0.717, 1.165) is 4.47 Å². The van der Waals surface area contributed by atoms with Crippen molar-refractivity contribution >= 4 is 22.0 Å². The van der Waals surface area contributed by atoms with Crippen molar-refractivity contribution in [2.75, 3.05) is 6.54 Å². The highest BCUT2D eigenvalue weighted by Gasteiger charge is 2.24. The first-order valence-corrected chi connectivity index (χ1v) is 7.94. The molecule has 0 spiro atoms. The Labute approximate surface area is 139 Å². The van der Waals surface area contributed by atoms with Gasteiger partial charge in [-0.1, -0.05) is 15.9 Å². The number of hydrogen-bond acceptors (Lipinski definition) is 3. The molecule has 0 aliphatic rings. The minimum Gasteiger partial charge on any atom is -0.444 e. The highest BCUT2D eigenvalue weighted by atomic mass is 79.9. The number of rotatable bonds is 5. The smallest absolute Gasteiger partial charge is 0.408 e. The minimum atomic E-state index is -0.535. The Kier molecular flexibility index (Phi) is 6.38. The maximum Gasteiger partial charge on any atom is 0.408 e. The average Bonchev–Trinajstić information content (AvgIpc) is 2.30. The minimum absolute atomic E-state index is 0.256. The lowest BCUT2D eigenvalue weighted by atomic mass is 10.1. The fourth-order valence-electron chi connectivity index (χ4n) is 1.81. The van der Waals surface area contributed by atoms with Gasteiger partial charge in [-0.2, -0.15) is 0 Å². The summed E-state index contributed by atoms with van der Waals surface area (Å²) in [7, 11) is 0. The van der Waals surface area contributed by atoms with Crippen LogP contribution in [-0.2, 0) is 11.3 Å². The number of alkyl carbamates (subject to hydrolysis) is 1. The Balaban J connectivity index is 2.48. The summed E-state index contributed by atoms with van der Waals surface area (Å²) in [4.78, 5) is 11.8. The van der Waals surface area contributed by atoms with Crippen LogP contribution in [0.3, 0.4) is 0 Å². The average molecular weight is 375 g/mol. The summed E-state index contributed by atoms with van der Waals surface area (Å²) in [6, 6.07) is 4.81. The predicted molar refractivity (Wildman–Crippen MR) is 89.3 cm³/mol. The number of carbonyl (C=O) groups is 1. The number of carbonyl (C=O) groups excluding carboxylic acids is 1. The zero-order chi connectivity index (χ0) is 17.0.